The summed E-state index contributed by atoms with van der Waals surface area (Å²) < 4.78 is 0. The minimum atomic E-state index is 0.609. The second-order valence-corrected chi connectivity index (χ2v) is 6.08. The zero-order valence-electron chi connectivity index (χ0n) is 14.3. The molecule has 0 atom stereocenters. The van der Waals surface area contributed by atoms with Gasteiger partial charge < -0.3 is 10.2 Å². The standard InChI is InChI=1S/C20H22N4/c1-15-11-16(2)13-18(12-15)22-20-21-10-9-19(23-20)24(3)14-17-7-5-4-6-8-17/h4-13H,14H2,1-3H3,(H,21,22,23). The number of hydrogen-bond donors (Lipinski definition) is 1. The Labute approximate surface area is 143 Å². The average Bonchev–Trinajstić information content (AvgIpc) is 2.55. The molecule has 0 saturated carbocycles. The van der Waals surface area contributed by atoms with Crippen LogP contribution < -0.4 is 10.2 Å². The maximum atomic E-state index is 4.63. The fourth-order valence-corrected chi connectivity index (χ4v) is 2.74. The van der Waals surface area contributed by atoms with Crippen molar-refractivity contribution in [1.29, 1.82) is 0 Å². The van der Waals surface area contributed by atoms with Gasteiger partial charge in [-0.2, -0.15) is 4.98 Å². The van der Waals surface area contributed by atoms with Crippen molar-refractivity contribution in [2.24, 2.45) is 0 Å². The molecule has 2 aromatic carbocycles. The van der Waals surface area contributed by atoms with Crippen LogP contribution in [0.1, 0.15) is 16.7 Å². The van der Waals surface area contributed by atoms with Gasteiger partial charge in [-0.1, -0.05) is 36.4 Å². The SMILES string of the molecule is Cc1cc(C)cc(Nc2nccc(N(C)Cc3ccccc3)n2)c1. The van der Waals surface area contributed by atoms with Crippen LogP contribution in [0.15, 0.2) is 60.8 Å². The first-order valence-corrected chi connectivity index (χ1v) is 8.03. The van der Waals surface area contributed by atoms with Crippen LogP contribution in [0, 0.1) is 13.8 Å². The van der Waals surface area contributed by atoms with Gasteiger partial charge in [0.1, 0.15) is 5.82 Å². The molecule has 0 aliphatic carbocycles. The predicted octanol–water partition coefficient (Wildman–Crippen LogP) is 4.47. The molecule has 0 unspecified atom stereocenters. The molecule has 1 aromatic heterocycles. The second-order valence-electron chi connectivity index (χ2n) is 6.08. The van der Waals surface area contributed by atoms with Crippen LogP contribution >= 0.6 is 0 Å². The van der Waals surface area contributed by atoms with Crippen molar-refractivity contribution in [2.75, 3.05) is 17.3 Å². The Morgan fingerprint density at radius 1 is 0.958 bits per heavy atom. The molecule has 3 rings (SSSR count). The highest BCUT2D eigenvalue weighted by Gasteiger charge is 2.06. The van der Waals surface area contributed by atoms with E-state index in [-0.39, 0.29) is 0 Å². The summed E-state index contributed by atoms with van der Waals surface area (Å²) >= 11 is 0. The summed E-state index contributed by atoms with van der Waals surface area (Å²) in [6.07, 6.45) is 1.79. The van der Waals surface area contributed by atoms with Crippen molar-refractivity contribution >= 4 is 17.5 Å². The molecule has 4 heteroatoms. The van der Waals surface area contributed by atoms with Crippen molar-refractivity contribution < 1.29 is 0 Å². The highest BCUT2D eigenvalue weighted by molar-refractivity contribution is 5.57. The van der Waals surface area contributed by atoms with E-state index < -0.39 is 0 Å². The molecule has 24 heavy (non-hydrogen) atoms. The Kier molecular flexibility index (Phi) is 4.75. The number of rotatable bonds is 5. The lowest BCUT2D eigenvalue weighted by molar-refractivity contribution is 0.893. The quantitative estimate of drug-likeness (QED) is 0.753. The van der Waals surface area contributed by atoms with Gasteiger partial charge in [0.25, 0.3) is 0 Å². The van der Waals surface area contributed by atoms with Gasteiger partial charge in [-0.25, -0.2) is 4.98 Å². The summed E-state index contributed by atoms with van der Waals surface area (Å²) in [6, 6.07) is 18.6. The Hall–Kier alpha value is -2.88. The Balaban J connectivity index is 1.76. The van der Waals surface area contributed by atoms with Crippen LogP contribution in [0.4, 0.5) is 17.5 Å². The van der Waals surface area contributed by atoms with Crippen molar-refractivity contribution in [1.82, 2.24) is 9.97 Å². The van der Waals surface area contributed by atoms with Gasteiger partial charge in [-0.15, -0.1) is 0 Å². The highest BCUT2D eigenvalue weighted by atomic mass is 15.2. The minimum Gasteiger partial charge on any atom is -0.355 e. The number of aromatic nitrogens is 2. The lowest BCUT2D eigenvalue weighted by atomic mass is 10.1. The number of aryl methyl sites for hydroxylation is 2. The number of hydrogen-bond acceptors (Lipinski definition) is 4. The fourth-order valence-electron chi connectivity index (χ4n) is 2.74. The van der Waals surface area contributed by atoms with E-state index in [9.17, 15) is 0 Å². The largest absolute Gasteiger partial charge is 0.355 e. The fraction of sp³-hybridized carbons (Fsp3) is 0.200. The smallest absolute Gasteiger partial charge is 0.229 e. The van der Waals surface area contributed by atoms with Gasteiger partial charge >= 0.3 is 0 Å². The van der Waals surface area contributed by atoms with E-state index in [0.717, 1.165) is 18.1 Å². The average molecular weight is 318 g/mol. The topological polar surface area (TPSA) is 41.1 Å². The number of nitrogens with zero attached hydrogens (tertiary/aromatic N) is 3. The third-order valence-electron chi connectivity index (χ3n) is 3.77. The summed E-state index contributed by atoms with van der Waals surface area (Å²) in [6.45, 7) is 4.98. The van der Waals surface area contributed by atoms with E-state index in [0.29, 0.717) is 5.95 Å². The maximum Gasteiger partial charge on any atom is 0.229 e. The highest BCUT2D eigenvalue weighted by Crippen LogP contribution is 2.19. The molecular formula is C20H22N4. The predicted molar refractivity (Wildman–Crippen MR) is 99.8 cm³/mol. The van der Waals surface area contributed by atoms with Crippen molar-refractivity contribution in [2.45, 2.75) is 20.4 Å². The molecule has 0 bridgehead atoms. The van der Waals surface area contributed by atoms with Crippen molar-refractivity contribution in [3.05, 3.63) is 77.5 Å². The summed E-state index contributed by atoms with van der Waals surface area (Å²) in [5.74, 6) is 1.50. The molecule has 0 radical (unpaired) electrons. The van der Waals surface area contributed by atoms with Crippen molar-refractivity contribution in [3.8, 4) is 0 Å². The lowest BCUT2D eigenvalue weighted by Crippen LogP contribution is -2.18. The van der Waals surface area contributed by atoms with Gasteiger partial charge in [0.15, 0.2) is 0 Å². The zero-order valence-corrected chi connectivity index (χ0v) is 14.3. The summed E-state index contributed by atoms with van der Waals surface area (Å²) in [7, 11) is 2.04. The molecule has 122 valence electrons. The number of anilines is 3. The monoisotopic (exact) mass is 318 g/mol. The van der Waals surface area contributed by atoms with Crippen molar-refractivity contribution in [3.63, 3.8) is 0 Å². The normalized spacial score (nSPS) is 10.5. The van der Waals surface area contributed by atoms with Gasteiger partial charge in [0.05, 0.1) is 0 Å². The molecule has 0 fully saturated rings. The zero-order chi connectivity index (χ0) is 16.9. The van der Waals surface area contributed by atoms with E-state index >= 15 is 0 Å². The van der Waals surface area contributed by atoms with Crippen LogP contribution in [0.25, 0.3) is 0 Å². The summed E-state index contributed by atoms with van der Waals surface area (Å²) in [4.78, 5) is 11.1. The van der Waals surface area contributed by atoms with Crippen LogP contribution in [0.2, 0.25) is 0 Å². The van der Waals surface area contributed by atoms with E-state index in [4.69, 9.17) is 0 Å². The first-order valence-electron chi connectivity index (χ1n) is 8.03. The van der Waals surface area contributed by atoms with E-state index in [2.05, 4.69) is 76.5 Å². The van der Waals surface area contributed by atoms with Gasteiger partial charge in [0.2, 0.25) is 5.95 Å². The third-order valence-corrected chi connectivity index (χ3v) is 3.77. The molecule has 0 spiro atoms. The van der Waals surface area contributed by atoms with Gasteiger partial charge in [-0.05, 0) is 48.7 Å². The Morgan fingerprint density at radius 2 is 1.67 bits per heavy atom. The molecule has 0 saturated heterocycles. The van der Waals surface area contributed by atoms with Gasteiger partial charge in [-0.3, -0.25) is 0 Å². The molecule has 3 aromatic rings. The summed E-state index contributed by atoms with van der Waals surface area (Å²) in [5.41, 5.74) is 4.70. The number of benzene rings is 2. The Morgan fingerprint density at radius 3 is 2.38 bits per heavy atom. The maximum absolute atomic E-state index is 4.63. The van der Waals surface area contributed by atoms with E-state index in [1.807, 2.05) is 19.2 Å². The molecule has 4 nitrogen and oxygen atoms in total. The first kappa shape index (κ1) is 16.0. The van der Waals surface area contributed by atoms with E-state index in [1.54, 1.807) is 6.20 Å². The van der Waals surface area contributed by atoms with Crippen LogP contribution in [0.3, 0.4) is 0 Å². The van der Waals surface area contributed by atoms with Crippen LogP contribution in [0.5, 0.6) is 0 Å². The molecule has 1 N–H and O–H groups in total. The Bertz CT molecular complexity index is 795. The molecule has 0 aliphatic rings. The van der Waals surface area contributed by atoms with E-state index in [1.165, 1.54) is 16.7 Å². The third kappa shape index (κ3) is 4.10. The first-order chi connectivity index (χ1) is 11.6. The number of nitrogens with one attached hydrogen (secondary N) is 1. The molecule has 1 heterocycles. The lowest BCUT2D eigenvalue weighted by Gasteiger charge is -2.18. The molecule has 0 amide bonds. The van der Waals surface area contributed by atoms with Crippen LogP contribution in [-0.4, -0.2) is 17.0 Å². The molecular weight excluding hydrogens is 296 g/mol. The summed E-state index contributed by atoms with van der Waals surface area (Å²) in [5, 5.41) is 3.30. The second kappa shape index (κ2) is 7.13. The molecule has 0 aliphatic heterocycles. The minimum absolute atomic E-state index is 0.609. The van der Waals surface area contributed by atoms with Gasteiger partial charge in [0, 0.05) is 25.5 Å². The van der Waals surface area contributed by atoms with Crippen LogP contribution in [-0.2, 0) is 6.54 Å².